The van der Waals surface area contributed by atoms with Crippen molar-refractivity contribution in [3.05, 3.63) is 51.1 Å². The minimum Gasteiger partial charge on any atom is -0.462 e. The minimum atomic E-state index is -0.527. The first kappa shape index (κ1) is 20.2. The quantitative estimate of drug-likeness (QED) is 0.446. The van der Waals surface area contributed by atoms with Gasteiger partial charge in [-0.15, -0.1) is 11.3 Å². The van der Waals surface area contributed by atoms with Crippen molar-refractivity contribution in [3.8, 4) is 11.1 Å². The molecule has 0 saturated carbocycles. The van der Waals surface area contributed by atoms with Crippen molar-refractivity contribution < 1.29 is 18.7 Å². The van der Waals surface area contributed by atoms with Crippen LogP contribution >= 0.6 is 11.3 Å². The molecule has 0 radical (unpaired) electrons. The molecule has 0 saturated heterocycles. The van der Waals surface area contributed by atoms with Gasteiger partial charge in [0.25, 0.3) is 5.56 Å². The van der Waals surface area contributed by atoms with Crippen LogP contribution in [0.5, 0.6) is 0 Å². The van der Waals surface area contributed by atoms with E-state index in [-0.39, 0.29) is 24.5 Å². The van der Waals surface area contributed by atoms with Gasteiger partial charge in [0.1, 0.15) is 29.6 Å². The van der Waals surface area contributed by atoms with Gasteiger partial charge in [-0.3, -0.25) is 14.2 Å². The maximum atomic E-state index is 13.3. The molecule has 0 spiro atoms. The smallest absolute Gasteiger partial charge is 0.326 e. The normalized spacial score (nSPS) is 11.1. The highest BCUT2D eigenvalue weighted by atomic mass is 32.1. The van der Waals surface area contributed by atoms with Crippen molar-refractivity contribution in [1.29, 1.82) is 0 Å². The van der Waals surface area contributed by atoms with Crippen LogP contribution in [-0.4, -0.2) is 35.3 Å². The number of nitrogens with zero attached hydrogens (tertiary/aromatic N) is 2. The van der Waals surface area contributed by atoms with Crippen molar-refractivity contribution in [3.63, 3.8) is 0 Å². The highest BCUT2D eigenvalue weighted by molar-refractivity contribution is 7.19. The van der Waals surface area contributed by atoms with Crippen LogP contribution in [0.25, 0.3) is 21.3 Å². The van der Waals surface area contributed by atoms with E-state index in [1.54, 1.807) is 19.1 Å². The van der Waals surface area contributed by atoms with Gasteiger partial charge in [0, 0.05) is 17.0 Å². The Bertz CT molecular complexity index is 1060. The summed E-state index contributed by atoms with van der Waals surface area (Å²) in [5.74, 6) is -0.436. The molecule has 2 aromatic heterocycles. The molecule has 8 heteroatoms. The summed E-state index contributed by atoms with van der Waals surface area (Å²) in [7, 11) is 0. The molecule has 0 aliphatic heterocycles. The van der Waals surface area contributed by atoms with Gasteiger partial charge in [-0.05, 0) is 38.5 Å². The first-order chi connectivity index (χ1) is 13.4. The zero-order chi connectivity index (χ0) is 20.3. The first-order valence-electron chi connectivity index (χ1n) is 8.92. The van der Waals surface area contributed by atoms with E-state index in [1.807, 2.05) is 13.8 Å². The van der Waals surface area contributed by atoms with Crippen LogP contribution in [0.3, 0.4) is 0 Å². The molecule has 0 unspecified atom stereocenters. The number of ether oxygens (including phenoxy) is 2. The van der Waals surface area contributed by atoms with Gasteiger partial charge in [0.05, 0.1) is 12.0 Å². The second kappa shape index (κ2) is 8.62. The van der Waals surface area contributed by atoms with Crippen LogP contribution in [0.1, 0.15) is 17.6 Å². The Morgan fingerprint density at radius 1 is 1.21 bits per heavy atom. The number of benzene rings is 1. The molecule has 0 N–H and O–H groups in total. The van der Waals surface area contributed by atoms with Crippen molar-refractivity contribution in [2.45, 2.75) is 27.3 Å². The van der Waals surface area contributed by atoms with Crippen molar-refractivity contribution in [2.75, 3.05) is 19.8 Å². The third-order valence-electron chi connectivity index (χ3n) is 4.29. The maximum absolute atomic E-state index is 13.3. The predicted octanol–water partition coefficient (Wildman–Crippen LogP) is 3.46. The number of carbonyl (C=O) groups is 1. The lowest BCUT2D eigenvalue weighted by Crippen LogP contribution is -2.28. The van der Waals surface area contributed by atoms with Crippen molar-refractivity contribution in [1.82, 2.24) is 9.55 Å². The Labute approximate surface area is 165 Å². The van der Waals surface area contributed by atoms with Crippen LogP contribution in [0.15, 0.2) is 29.1 Å². The molecule has 148 valence electrons. The lowest BCUT2D eigenvalue weighted by molar-refractivity contribution is -0.146. The average Bonchev–Trinajstić information content (AvgIpc) is 2.99. The summed E-state index contributed by atoms with van der Waals surface area (Å²) in [6, 6.07) is 5.98. The molecular formula is C20H21FN2O4S. The number of hydrogen-bond donors (Lipinski definition) is 0. The molecule has 28 heavy (non-hydrogen) atoms. The number of fused-ring (bicyclic) bond motifs is 1. The van der Waals surface area contributed by atoms with E-state index in [0.717, 1.165) is 16.0 Å². The average molecular weight is 404 g/mol. The largest absolute Gasteiger partial charge is 0.462 e. The zero-order valence-electron chi connectivity index (χ0n) is 16.0. The van der Waals surface area contributed by atoms with Gasteiger partial charge in [-0.1, -0.05) is 12.1 Å². The van der Waals surface area contributed by atoms with Gasteiger partial charge in [0.15, 0.2) is 0 Å². The monoisotopic (exact) mass is 404 g/mol. The number of thiophene rings is 1. The third kappa shape index (κ3) is 4.13. The van der Waals surface area contributed by atoms with Crippen LogP contribution in [0.4, 0.5) is 4.39 Å². The van der Waals surface area contributed by atoms with E-state index in [1.165, 1.54) is 28.0 Å². The maximum Gasteiger partial charge on any atom is 0.326 e. The van der Waals surface area contributed by atoms with Crippen molar-refractivity contribution in [2.24, 2.45) is 0 Å². The van der Waals surface area contributed by atoms with Gasteiger partial charge >= 0.3 is 5.97 Å². The number of halogens is 1. The molecule has 1 aromatic carbocycles. The summed E-state index contributed by atoms with van der Waals surface area (Å²) >= 11 is 1.40. The van der Waals surface area contributed by atoms with Crippen LogP contribution in [0, 0.1) is 19.7 Å². The molecule has 6 nitrogen and oxygen atoms in total. The third-order valence-corrected chi connectivity index (χ3v) is 5.29. The topological polar surface area (TPSA) is 70.4 Å². The van der Waals surface area contributed by atoms with Gasteiger partial charge in [-0.2, -0.15) is 0 Å². The molecule has 2 heterocycles. The summed E-state index contributed by atoms with van der Waals surface area (Å²) in [5.41, 5.74) is 1.14. The lowest BCUT2D eigenvalue weighted by Gasteiger charge is -2.10. The minimum absolute atomic E-state index is 0.133. The summed E-state index contributed by atoms with van der Waals surface area (Å²) in [6.07, 6.45) is 0. The predicted molar refractivity (Wildman–Crippen MR) is 106 cm³/mol. The molecule has 0 amide bonds. The summed E-state index contributed by atoms with van der Waals surface area (Å²) < 4.78 is 24.9. The summed E-state index contributed by atoms with van der Waals surface area (Å²) in [6.45, 7) is 6.19. The number of aryl methyl sites for hydroxylation is 2. The second-order valence-corrected chi connectivity index (χ2v) is 7.39. The molecular weight excluding hydrogens is 383 g/mol. The first-order valence-corrected chi connectivity index (χ1v) is 9.73. The highest BCUT2D eigenvalue weighted by Crippen LogP contribution is 2.35. The van der Waals surface area contributed by atoms with E-state index in [9.17, 15) is 14.0 Å². The van der Waals surface area contributed by atoms with Crippen LogP contribution in [-0.2, 0) is 20.8 Å². The summed E-state index contributed by atoms with van der Waals surface area (Å²) in [4.78, 5) is 31.3. The molecule has 0 atom stereocenters. The van der Waals surface area contributed by atoms with Crippen LogP contribution < -0.4 is 5.56 Å². The number of esters is 1. The fourth-order valence-electron chi connectivity index (χ4n) is 2.98. The Morgan fingerprint density at radius 3 is 2.61 bits per heavy atom. The number of carbonyl (C=O) groups excluding carboxylic acids is 1. The fraction of sp³-hybridized carbons (Fsp3) is 0.350. The second-order valence-electron chi connectivity index (χ2n) is 6.19. The Hall–Kier alpha value is -2.58. The molecule has 0 aliphatic rings. The van der Waals surface area contributed by atoms with E-state index in [0.29, 0.717) is 29.3 Å². The Kier molecular flexibility index (Phi) is 6.21. The number of aromatic nitrogens is 2. The molecule has 0 aliphatic carbocycles. The van der Waals surface area contributed by atoms with E-state index >= 15 is 0 Å². The zero-order valence-corrected chi connectivity index (χ0v) is 16.8. The molecule has 0 fully saturated rings. The van der Waals surface area contributed by atoms with E-state index in [2.05, 4.69) is 4.98 Å². The number of rotatable bonds is 7. The van der Waals surface area contributed by atoms with Gasteiger partial charge < -0.3 is 9.47 Å². The van der Waals surface area contributed by atoms with E-state index in [4.69, 9.17) is 9.47 Å². The fourth-order valence-corrected chi connectivity index (χ4v) is 4.06. The Balaban J connectivity index is 1.99. The number of hydrogen-bond acceptors (Lipinski definition) is 6. The van der Waals surface area contributed by atoms with Gasteiger partial charge in [0.2, 0.25) is 0 Å². The van der Waals surface area contributed by atoms with E-state index < -0.39 is 5.97 Å². The molecule has 3 rings (SSSR count). The van der Waals surface area contributed by atoms with Crippen molar-refractivity contribution >= 4 is 27.5 Å². The molecule has 0 bridgehead atoms. The lowest BCUT2D eigenvalue weighted by atomic mass is 10.0. The standard InChI is InChI=1S/C20H21FN2O4S/c1-4-26-9-10-27-16(24)11-23-13(3)22-19-18(20(23)25)17(12(2)28-19)14-5-7-15(21)8-6-14/h5-8H,4,9-11H2,1-3H3. The van der Waals surface area contributed by atoms with Crippen LogP contribution in [0.2, 0.25) is 0 Å². The SMILES string of the molecule is CCOCCOC(=O)Cn1c(C)nc2sc(C)c(-c3ccc(F)cc3)c2c1=O. The van der Waals surface area contributed by atoms with Gasteiger partial charge in [-0.25, -0.2) is 9.37 Å². The summed E-state index contributed by atoms with van der Waals surface area (Å²) in [5, 5.41) is 0.432. The Morgan fingerprint density at radius 2 is 1.93 bits per heavy atom. The highest BCUT2D eigenvalue weighted by Gasteiger charge is 2.20. The molecule has 3 aromatic rings.